The van der Waals surface area contributed by atoms with Gasteiger partial charge in [-0.05, 0) is 23.9 Å². The van der Waals surface area contributed by atoms with E-state index in [1.165, 1.54) is 11.3 Å². The topological polar surface area (TPSA) is 60.7 Å². The van der Waals surface area contributed by atoms with E-state index < -0.39 is 11.7 Å². The van der Waals surface area contributed by atoms with Gasteiger partial charge in [-0.25, -0.2) is 9.38 Å². The van der Waals surface area contributed by atoms with Crippen molar-refractivity contribution in [1.82, 2.24) is 9.80 Å². The molecule has 7 nitrogen and oxygen atoms in total. The van der Waals surface area contributed by atoms with Gasteiger partial charge in [0.15, 0.2) is 12.2 Å². The Morgan fingerprint density at radius 3 is 2.46 bits per heavy atom. The summed E-state index contributed by atoms with van der Waals surface area (Å²) < 4.78 is 18.4. The molecule has 35 heavy (non-hydrogen) atoms. The van der Waals surface area contributed by atoms with Crippen LogP contribution in [-0.2, 0) is 9.53 Å². The number of carbonyl (C=O) groups excluding carboxylic acids is 1. The number of aliphatic imine (C=N–C) groups is 2. The van der Waals surface area contributed by atoms with Crippen LogP contribution in [-0.4, -0.2) is 81.4 Å². The third kappa shape index (κ3) is 5.17. The summed E-state index contributed by atoms with van der Waals surface area (Å²) in [6, 6.07) is 12.1. The summed E-state index contributed by atoms with van der Waals surface area (Å²) in [4.78, 5) is 27.1. The minimum absolute atomic E-state index is 0.408. The molecular weight excluding hydrogens is 469 g/mol. The second-order valence-electron chi connectivity index (χ2n) is 8.41. The fraction of sp³-hybridized carbons (Fsp3) is 0.346. The van der Waals surface area contributed by atoms with Gasteiger partial charge >= 0.3 is 0 Å². The van der Waals surface area contributed by atoms with Crippen LogP contribution < -0.4 is 4.90 Å². The highest BCUT2D eigenvalue weighted by Crippen LogP contribution is 2.35. The number of carbonyl (C=O) groups is 1. The molecule has 184 valence electrons. The monoisotopic (exact) mass is 497 g/mol. The first-order valence-corrected chi connectivity index (χ1v) is 11.9. The minimum Gasteiger partial charge on any atom is -0.486 e. The molecule has 0 atom stereocenters. The molecule has 0 spiro atoms. The van der Waals surface area contributed by atoms with E-state index in [4.69, 9.17) is 16.3 Å². The molecule has 2 heterocycles. The summed E-state index contributed by atoms with van der Waals surface area (Å²) in [6.07, 6.45) is 2.16. The van der Waals surface area contributed by atoms with E-state index in [0.29, 0.717) is 37.7 Å². The third-order valence-electron chi connectivity index (χ3n) is 6.39. The number of nitrogens with zero attached hydrogens (tertiary/aromatic N) is 5. The van der Waals surface area contributed by atoms with Crippen LogP contribution in [0.25, 0.3) is 10.8 Å². The number of benzene rings is 2. The van der Waals surface area contributed by atoms with E-state index in [0.717, 1.165) is 46.5 Å². The van der Waals surface area contributed by atoms with Crippen molar-refractivity contribution < 1.29 is 13.9 Å². The van der Waals surface area contributed by atoms with Crippen molar-refractivity contribution in [2.24, 2.45) is 9.98 Å². The Morgan fingerprint density at radius 2 is 1.80 bits per heavy atom. The Morgan fingerprint density at radius 1 is 1.11 bits per heavy atom. The number of fused-ring (bicyclic) bond motifs is 1. The van der Waals surface area contributed by atoms with E-state index in [1.54, 1.807) is 14.2 Å². The number of hydrogen-bond acceptors (Lipinski definition) is 5. The smallest absolute Gasteiger partial charge is 0.282 e. The number of halogens is 2. The number of rotatable bonds is 5. The molecule has 2 aromatic carbocycles. The van der Waals surface area contributed by atoms with Gasteiger partial charge in [-0.1, -0.05) is 42.4 Å². The maximum Gasteiger partial charge on any atom is 0.282 e. The third-order valence-corrected chi connectivity index (χ3v) is 6.70. The Labute approximate surface area is 209 Å². The van der Waals surface area contributed by atoms with Crippen LogP contribution in [0.1, 0.15) is 6.42 Å². The van der Waals surface area contributed by atoms with Gasteiger partial charge in [0, 0.05) is 56.4 Å². The van der Waals surface area contributed by atoms with Crippen molar-refractivity contribution in [3.05, 3.63) is 65.1 Å². The van der Waals surface area contributed by atoms with Gasteiger partial charge in [0.1, 0.15) is 5.84 Å². The van der Waals surface area contributed by atoms with E-state index in [1.807, 2.05) is 18.2 Å². The Bertz CT molecular complexity index is 1210. The van der Waals surface area contributed by atoms with Crippen molar-refractivity contribution in [2.75, 3.05) is 58.3 Å². The maximum absolute atomic E-state index is 13.3. The van der Waals surface area contributed by atoms with Gasteiger partial charge in [-0.2, -0.15) is 0 Å². The minimum atomic E-state index is -0.928. The first-order chi connectivity index (χ1) is 16.9. The highest BCUT2D eigenvalue weighted by Gasteiger charge is 2.29. The zero-order valence-corrected chi connectivity index (χ0v) is 20.8. The second-order valence-corrected chi connectivity index (χ2v) is 8.82. The van der Waals surface area contributed by atoms with Crippen LogP contribution in [0.2, 0.25) is 5.02 Å². The fourth-order valence-corrected chi connectivity index (χ4v) is 5.01. The summed E-state index contributed by atoms with van der Waals surface area (Å²) in [5, 5.41) is 2.83. The van der Waals surface area contributed by atoms with E-state index in [2.05, 4.69) is 44.6 Å². The van der Waals surface area contributed by atoms with Gasteiger partial charge in [-0.15, -0.1) is 0 Å². The average molecular weight is 498 g/mol. The predicted molar refractivity (Wildman–Crippen MR) is 140 cm³/mol. The molecule has 1 saturated heterocycles. The molecule has 1 fully saturated rings. The van der Waals surface area contributed by atoms with Crippen LogP contribution in [0.5, 0.6) is 0 Å². The molecule has 0 bridgehead atoms. The Hall–Kier alpha value is -3.39. The fourth-order valence-electron chi connectivity index (χ4n) is 4.73. The summed E-state index contributed by atoms with van der Waals surface area (Å²) in [5.74, 6) is -0.732. The lowest BCUT2D eigenvalue weighted by Gasteiger charge is -2.39. The van der Waals surface area contributed by atoms with Gasteiger partial charge in [0.2, 0.25) is 0 Å². The van der Waals surface area contributed by atoms with Gasteiger partial charge in [0.25, 0.3) is 5.91 Å². The van der Waals surface area contributed by atoms with E-state index in [9.17, 15) is 9.18 Å². The quantitative estimate of drug-likeness (QED) is 0.351. The van der Waals surface area contributed by atoms with Crippen LogP contribution in [0.3, 0.4) is 0 Å². The molecule has 9 heteroatoms. The van der Waals surface area contributed by atoms with E-state index >= 15 is 0 Å². The number of amides is 1. The molecule has 2 aromatic rings. The molecule has 0 radical (unpaired) electrons. The van der Waals surface area contributed by atoms with E-state index in [-0.39, 0.29) is 0 Å². The Kier molecular flexibility index (Phi) is 7.70. The Balaban J connectivity index is 1.62. The number of anilines is 1. The summed E-state index contributed by atoms with van der Waals surface area (Å²) in [5.41, 5.74) is 2.96. The summed E-state index contributed by atoms with van der Waals surface area (Å²) in [6.45, 7) is 6.39. The molecule has 2 aliphatic rings. The van der Waals surface area contributed by atoms with Crippen molar-refractivity contribution in [3.63, 3.8) is 0 Å². The van der Waals surface area contributed by atoms with Crippen LogP contribution in [0, 0.1) is 0 Å². The average Bonchev–Trinajstić information content (AvgIpc) is 2.88. The summed E-state index contributed by atoms with van der Waals surface area (Å²) >= 11 is 6.59. The lowest BCUT2D eigenvalue weighted by Crippen LogP contribution is -2.51. The molecule has 0 unspecified atom stereocenters. The molecule has 0 saturated carbocycles. The highest BCUT2D eigenvalue weighted by molar-refractivity contribution is 6.36. The van der Waals surface area contributed by atoms with Gasteiger partial charge < -0.3 is 19.4 Å². The molecule has 0 aromatic heterocycles. The zero-order valence-electron chi connectivity index (χ0n) is 20.0. The molecule has 0 aliphatic carbocycles. The number of methoxy groups -OCH3 is 1. The van der Waals surface area contributed by atoms with Gasteiger partial charge in [-0.3, -0.25) is 9.79 Å². The molecule has 2 aliphatic heterocycles. The summed E-state index contributed by atoms with van der Waals surface area (Å²) in [7, 11) is 3.33. The molecule has 1 amide bonds. The standard InChI is InChI=1S/C26H29ClFN5O2/c1-18(28)26(34)32-14-12-31(13-15-32)25(29-2)20-10-11-33(16-22(20)30-17-35-3)23-9-5-7-19-6-4-8-21(27)24(19)23/h4-9,17H,1,10-16H2,2-3H3/b29-25+,30-17+. The lowest BCUT2D eigenvalue weighted by molar-refractivity contribution is -0.129. The predicted octanol–water partition coefficient (Wildman–Crippen LogP) is 4.29. The first-order valence-electron chi connectivity index (χ1n) is 11.5. The van der Waals surface area contributed by atoms with Crippen LogP contribution in [0.15, 0.2) is 70.1 Å². The van der Waals surface area contributed by atoms with Gasteiger partial charge in [0.05, 0.1) is 24.4 Å². The molecular formula is C26H29ClFN5O2. The van der Waals surface area contributed by atoms with Crippen molar-refractivity contribution in [1.29, 1.82) is 0 Å². The zero-order chi connectivity index (χ0) is 24.9. The number of ether oxygens (including phenoxy) is 1. The van der Waals surface area contributed by atoms with Crippen LogP contribution in [0.4, 0.5) is 10.1 Å². The second kappa shape index (κ2) is 10.9. The molecule has 4 rings (SSSR count). The first kappa shape index (κ1) is 24.7. The number of hydrogen-bond donors (Lipinski definition) is 0. The van der Waals surface area contributed by atoms with Crippen LogP contribution >= 0.6 is 11.6 Å². The van der Waals surface area contributed by atoms with Crippen molar-refractivity contribution >= 4 is 46.2 Å². The molecule has 0 N–H and O–H groups in total. The van der Waals surface area contributed by atoms with Crippen molar-refractivity contribution in [2.45, 2.75) is 6.42 Å². The number of amidine groups is 1. The van der Waals surface area contributed by atoms with Crippen molar-refractivity contribution in [3.8, 4) is 0 Å². The lowest BCUT2D eigenvalue weighted by atomic mass is 10.0. The highest BCUT2D eigenvalue weighted by atomic mass is 35.5. The SMILES string of the molecule is C=C(F)C(=O)N1CCN(/C(=N/C)C2=C(/N=C/OC)CN(c3cccc4cccc(Cl)c34)CC2)CC1. The largest absolute Gasteiger partial charge is 0.486 e. The maximum atomic E-state index is 13.3. The number of piperazine rings is 1. The normalized spacial score (nSPS) is 17.5.